The predicted octanol–water partition coefficient (Wildman–Crippen LogP) is 8.24. The van der Waals surface area contributed by atoms with Gasteiger partial charge in [-0.3, -0.25) is 4.79 Å². The van der Waals surface area contributed by atoms with Crippen molar-refractivity contribution < 1.29 is 9.53 Å². The first-order chi connectivity index (χ1) is 13.9. The van der Waals surface area contributed by atoms with Crippen molar-refractivity contribution in [3.05, 3.63) is 30.3 Å². The Bertz CT molecular complexity index is 476. The Balaban J connectivity index is 1.78. The summed E-state index contributed by atoms with van der Waals surface area (Å²) in [4.78, 5) is 12.7. The van der Waals surface area contributed by atoms with E-state index in [0.717, 1.165) is 25.7 Å². The van der Waals surface area contributed by atoms with E-state index in [-0.39, 0.29) is 11.9 Å². The fourth-order valence-electron chi connectivity index (χ4n) is 4.32. The number of hydrogen-bond donors (Lipinski definition) is 0. The molecule has 2 nitrogen and oxygen atoms in total. The second-order valence-electron chi connectivity index (χ2n) is 8.67. The first-order valence-corrected chi connectivity index (χ1v) is 12.1. The van der Waals surface area contributed by atoms with Crippen LogP contribution >= 0.6 is 0 Å². The van der Waals surface area contributed by atoms with Gasteiger partial charge in [0.05, 0.1) is 5.92 Å². The molecule has 0 radical (unpaired) electrons. The topological polar surface area (TPSA) is 26.3 Å². The molecule has 2 heteroatoms. The number of ether oxygens (including phenoxy) is 1. The largest absolute Gasteiger partial charge is 0.426 e. The molecule has 1 aromatic carbocycles. The van der Waals surface area contributed by atoms with Crippen LogP contribution in [0, 0.1) is 5.92 Å². The van der Waals surface area contributed by atoms with Gasteiger partial charge in [-0.1, -0.05) is 121 Å². The molecule has 1 saturated carbocycles. The van der Waals surface area contributed by atoms with E-state index in [2.05, 4.69) is 0 Å². The highest BCUT2D eigenvalue weighted by atomic mass is 16.5. The number of para-hydroxylation sites is 1. The molecule has 0 aliphatic heterocycles. The Morgan fingerprint density at radius 3 is 1.32 bits per heavy atom. The normalized spacial score (nSPS) is 20.4. The van der Waals surface area contributed by atoms with Gasteiger partial charge >= 0.3 is 5.97 Å². The van der Waals surface area contributed by atoms with Crippen molar-refractivity contribution in [2.45, 2.75) is 116 Å². The van der Waals surface area contributed by atoms with Gasteiger partial charge in [-0.25, -0.2) is 0 Å². The van der Waals surface area contributed by atoms with Crippen LogP contribution in [0.2, 0.25) is 0 Å². The lowest BCUT2D eigenvalue weighted by atomic mass is 9.94. The molecule has 0 aromatic heterocycles. The van der Waals surface area contributed by atoms with E-state index in [4.69, 9.17) is 4.74 Å². The fraction of sp³-hybridized carbons (Fsp3) is 0.731. The Labute approximate surface area is 173 Å². The second-order valence-corrected chi connectivity index (χ2v) is 8.67. The molecule has 0 spiro atoms. The zero-order chi connectivity index (χ0) is 19.7. The van der Waals surface area contributed by atoms with E-state index in [1.54, 1.807) is 0 Å². The average Bonchev–Trinajstić information content (AvgIpc) is 2.71. The molecule has 28 heavy (non-hydrogen) atoms. The van der Waals surface area contributed by atoms with Gasteiger partial charge in [0.2, 0.25) is 0 Å². The summed E-state index contributed by atoms with van der Waals surface area (Å²) in [6.07, 6.45) is 23.5. The van der Waals surface area contributed by atoms with Crippen LogP contribution in [0.3, 0.4) is 0 Å². The third kappa shape index (κ3) is 10.9. The van der Waals surface area contributed by atoms with E-state index >= 15 is 0 Å². The van der Waals surface area contributed by atoms with Crippen molar-refractivity contribution >= 4 is 5.97 Å². The summed E-state index contributed by atoms with van der Waals surface area (Å²) in [5, 5.41) is 0. The van der Waals surface area contributed by atoms with Gasteiger partial charge in [0.1, 0.15) is 5.75 Å². The molecule has 0 heterocycles. The molecule has 0 saturated heterocycles. The van der Waals surface area contributed by atoms with Crippen LogP contribution in [0.4, 0.5) is 0 Å². The third-order valence-corrected chi connectivity index (χ3v) is 6.15. The molecular formula is C26H42O2. The average molecular weight is 387 g/mol. The maximum absolute atomic E-state index is 12.7. The highest BCUT2D eigenvalue weighted by molar-refractivity contribution is 5.75. The first-order valence-electron chi connectivity index (χ1n) is 12.1. The summed E-state index contributed by atoms with van der Waals surface area (Å²) in [6.45, 7) is 0. The smallest absolute Gasteiger partial charge is 0.314 e. The molecule has 0 bridgehead atoms. The summed E-state index contributed by atoms with van der Waals surface area (Å²) < 4.78 is 5.66. The molecule has 1 fully saturated rings. The number of rotatable bonds is 2. The molecular weight excluding hydrogens is 344 g/mol. The first kappa shape index (κ1) is 23.0. The zero-order valence-electron chi connectivity index (χ0n) is 18.0. The number of benzene rings is 1. The van der Waals surface area contributed by atoms with Crippen LogP contribution in [0.25, 0.3) is 0 Å². The molecule has 0 unspecified atom stereocenters. The lowest BCUT2D eigenvalue weighted by molar-refractivity contribution is -0.139. The Morgan fingerprint density at radius 1 is 0.571 bits per heavy atom. The van der Waals surface area contributed by atoms with E-state index in [9.17, 15) is 4.79 Å². The number of carbonyl (C=O) groups is 1. The standard InChI is InChI=1S/C26H42O2/c27-26(28-25-22-18-15-19-23-25)24-20-16-13-11-9-7-5-3-1-2-4-6-8-10-12-14-17-21-24/h15,18-19,22-24H,1-14,16-17,20-21H2. The molecule has 1 aromatic rings. The maximum Gasteiger partial charge on any atom is 0.314 e. The van der Waals surface area contributed by atoms with Crippen molar-refractivity contribution in [2.24, 2.45) is 5.92 Å². The van der Waals surface area contributed by atoms with Crippen LogP contribution in [-0.2, 0) is 4.79 Å². The Morgan fingerprint density at radius 2 is 0.929 bits per heavy atom. The SMILES string of the molecule is O=C(Oc1ccccc1)C1CCCCCCCCCCCCCCCCCC1. The van der Waals surface area contributed by atoms with E-state index in [1.807, 2.05) is 30.3 Å². The van der Waals surface area contributed by atoms with Gasteiger partial charge in [-0.05, 0) is 25.0 Å². The van der Waals surface area contributed by atoms with Crippen LogP contribution in [-0.4, -0.2) is 5.97 Å². The summed E-state index contributed by atoms with van der Waals surface area (Å²) in [6, 6.07) is 9.56. The van der Waals surface area contributed by atoms with E-state index in [1.165, 1.54) is 89.9 Å². The monoisotopic (exact) mass is 386 g/mol. The van der Waals surface area contributed by atoms with E-state index in [0.29, 0.717) is 5.75 Å². The fourth-order valence-corrected chi connectivity index (χ4v) is 4.32. The van der Waals surface area contributed by atoms with Gasteiger partial charge in [0.15, 0.2) is 0 Å². The predicted molar refractivity (Wildman–Crippen MR) is 119 cm³/mol. The molecule has 158 valence electrons. The minimum atomic E-state index is -0.0166. The Hall–Kier alpha value is -1.31. The van der Waals surface area contributed by atoms with Crippen molar-refractivity contribution in [1.82, 2.24) is 0 Å². The zero-order valence-corrected chi connectivity index (χ0v) is 18.0. The summed E-state index contributed by atoms with van der Waals surface area (Å²) in [5.74, 6) is 0.738. The molecule has 1 aliphatic carbocycles. The lowest BCUT2D eigenvalue weighted by Crippen LogP contribution is -2.20. The molecule has 0 atom stereocenters. The van der Waals surface area contributed by atoms with E-state index < -0.39 is 0 Å². The van der Waals surface area contributed by atoms with Gasteiger partial charge in [-0.2, -0.15) is 0 Å². The highest BCUT2D eigenvalue weighted by Crippen LogP contribution is 2.23. The van der Waals surface area contributed by atoms with Crippen LogP contribution in [0.5, 0.6) is 5.75 Å². The summed E-state index contributed by atoms with van der Waals surface area (Å²) in [7, 11) is 0. The van der Waals surface area contributed by atoms with Gasteiger partial charge in [0, 0.05) is 0 Å². The molecule has 2 rings (SSSR count). The Kier molecular flexibility index (Phi) is 12.8. The quantitative estimate of drug-likeness (QED) is 0.378. The van der Waals surface area contributed by atoms with Gasteiger partial charge in [0.25, 0.3) is 0 Å². The van der Waals surface area contributed by atoms with Crippen LogP contribution < -0.4 is 4.74 Å². The molecule has 0 amide bonds. The number of esters is 1. The second kappa shape index (κ2) is 15.6. The van der Waals surface area contributed by atoms with Crippen molar-refractivity contribution in [3.8, 4) is 5.75 Å². The van der Waals surface area contributed by atoms with Crippen LogP contribution in [0.1, 0.15) is 116 Å². The lowest BCUT2D eigenvalue weighted by Gasteiger charge is -2.16. The van der Waals surface area contributed by atoms with Gasteiger partial charge in [-0.15, -0.1) is 0 Å². The summed E-state index contributed by atoms with van der Waals surface area (Å²) >= 11 is 0. The molecule has 0 N–H and O–H groups in total. The number of hydrogen-bond acceptors (Lipinski definition) is 2. The third-order valence-electron chi connectivity index (χ3n) is 6.15. The van der Waals surface area contributed by atoms with Crippen molar-refractivity contribution in [3.63, 3.8) is 0 Å². The maximum atomic E-state index is 12.7. The number of carbonyl (C=O) groups excluding carboxylic acids is 1. The van der Waals surface area contributed by atoms with Gasteiger partial charge < -0.3 is 4.74 Å². The highest BCUT2D eigenvalue weighted by Gasteiger charge is 2.20. The van der Waals surface area contributed by atoms with Crippen LogP contribution in [0.15, 0.2) is 30.3 Å². The summed E-state index contributed by atoms with van der Waals surface area (Å²) in [5.41, 5.74) is 0. The van der Waals surface area contributed by atoms with Crippen molar-refractivity contribution in [1.29, 1.82) is 0 Å². The minimum Gasteiger partial charge on any atom is -0.426 e. The molecule has 1 aliphatic rings. The van der Waals surface area contributed by atoms with Crippen molar-refractivity contribution in [2.75, 3.05) is 0 Å². The minimum absolute atomic E-state index is 0.0166.